The molecule has 0 aliphatic rings. The highest BCUT2D eigenvalue weighted by Gasteiger charge is 2.18. The summed E-state index contributed by atoms with van der Waals surface area (Å²) in [5.41, 5.74) is -0.501. The van der Waals surface area contributed by atoms with Crippen LogP contribution < -0.4 is 5.32 Å². The molecule has 0 spiro atoms. The molecule has 0 bridgehead atoms. The number of unbranched alkanes of at least 4 members (excludes halogenated alkanes) is 3. The number of nitrogens with one attached hydrogen (secondary N) is 1. The van der Waals surface area contributed by atoms with Gasteiger partial charge >= 0.3 is 11.7 Å². The molecule has 7 heteroatoms. The van der Waals surface area contributed by atoms with Gasteiger partial charge in [-0.2, -0.15) is 0 Å². The number of nitro groups is 1. The summed E-state index contributed by atoms with van der Waals surface area (Å²) in [5.74, 6) is -1.11. The lowest BCUT2D eigenvalue weighted by Gasteiger charge is -2.06. The molecule has 0 aliphatic carbocycles. The van der Waals surface area contributed by atoms with Gasteiger partial charge in [0.2, 0.25) is 5.82 Å². The minimum atomic E-state index is -1.23. The summed E-state index contributed by atoms with van der Waals surface area (Å²) in [5, 5.41) is 22.5. The predicted octanol–water partition coefficient (Wildman–Crippen LogP) is 2.68. The van der Waals surface area contributed by atoms with Crippen LogP contribution in [0.25, 0.3) is 0 Å². The molecule has 0 saturated carbocycles. The zero-order valence-corrected chi connectivity index (χ0v) is 10.8. The molecule has 1 rings (SSSR count). The highest BCUT2D eigenvalue weighted by molar-refractivity contribution is 5.88. The average Bonchev–Trinajstić information content (AvgIpc) is 2.38. The Morgan fingerprint density at radius 2 is 2.21 bits per heavy atom. The van der Waals surface area contributed by atoms with Crippen LogP contribution in [0.4, 0.5) is 11.5 Å². The van der Waals surface area contributed by atoms with Crippen LogP contribution in [-0.4, -0.2) is 27.5 Å². The van der Waals surface area contributed by atoms with Crippen LogP contribution in [0.3, 0.4) is 0 Å². The van der Waals surface area contributed by atoms with Gasteiger partial charge in [0.1, 0.15) is 0 Å². The third-order valence-electron chi connectivity index (χ3n) is 2.63. The molecule has 104 valence electrons. The van der Waals surface area contributed by atoms with Gasteiger partial charge in [-0.15, -0.1) is 0 Å². The number of carbonyl (C=O) groups is 1. The van der Waals surface area contributed by atoms with E-state index in [-0.39, 0.29) is 17.1 Å². The van der Waals surface area contributed by atoms with Crippen LogP contribution in [0.1, 0.15) is 43.0 Å². The van der Waals surface area contributed by atoms with Crippen molar-refractivity contribution in [3.05, 3.63) is 27.9 Å². The van der Waals surface area contributed by atoms with E-state index in [9.17, 15) is 14.9 Å². The van der Waals surface area contributed by atoms with Gasteiger partial charge in [0.05, 0.1) is 10.5 Å². The maximum atomic E-state index is 10.9. The van der Waals surface area contributed by atoms with Gasteiger partial charge < -0.3 is 10.4 Å². The second-order valence-corrected chi connectivity index (χ2v) is 4.14. The first-order chi connectivity index (χ1) is 9.06. The second-order valence-electron chi connectivity index (χ2n) is 4.14. The minimum Gasteiger partial charge on any atom is -0.478 e. The number of carboxylic acids is 1. The summed E-state index contributed by atoms with van der Waals surface area (Å²) in [6, 6.07) is 1.02. The van der Waals surface area contributed by atoms with Crippen molar-refractivity contribution in [1.82, 2.24) is 4.98 Å². The maximum Gasteiger partial charge on any atom is 0.337 e. The highest BCUT2D eigenvalue weighted by Crippen LogP contribution is 2.22. The summed E-state index contributed by atoms with van der Waals surface area (Å²) >= 11 is 0. The molecule has 0 radical (unpaired) electrons. The number of pyridine rings is 1. The zero-order chi connectivity index (χ0) is 14.3. The summed E-state index contributed by atoms with van der Waals surface area (Å²) in [4.78, 5) is 24.8. The van der Waals surface area contributed by atoms with Gasteiger partial charge in [-0.05, 0) is 6.42 Å². The molecule has 0 aromatic carbocycles. The Labute approximate surface area is 110 Å². The van der Waals surface area contributed by atoms with E-state index in [1.165, 1.54) is 0 Å². The van der Waals surface area contributed by atoms with Crippen LogP contribution in [0.2, 0.25) is 0 Å². The van der Waals surface area contributed by atoms with Crippen molar-refractivity contribution < 1.29 is 14.8 Å². The average molecular weight is 267 g/mol. The fraction of sp³-hybridized carbons (Fsp3) is 0.500. The van der Waals surface area contributed by atoms with Gasteiger partial charge in [0, 0.05) is 18.8 Å². The number of nitrogens with zero attached hydrogens (tertiary/aromatic N) is 2. The molecule has 0 saturated heterocycles. The molecule has 0 aliphatic heterocycles. The van der Waals surface area contributed by atoms with E-state index < -0.39 is 10.9 Å². The van der Waals surface area contributed by atoms with Gasteiger partial charge in [-0.1, -0.05) is 26.2 Å². The molecule has 0 amide bonds. The Bertz CT molecular complexity index is 462. The monoisotopic (exact) mass is 267 g/mol. The van der Waals surface area contributed by atoms with Crippen LogP contribution in [-0.2, 0) is 0 Å². The summed E-state index contributed by atoms with van der Waals surface area (Å²) in [6.07, 6.45) is 5.29. The third kappa shape index (κ3) is 4.53. The fourth-order valence-corrected chi connectivity index (χ4v) is 1.60. The minimum absolute atomic E-state index is 0.117. The Kier molecular flexibility index (Phi) is 5.72. The lowest BCUT2D eigenvalue weighted by molar-refractivity contribution is -0.384. The first-order valence-corrected chi connectivity index (χ1v) is 6.17. The van der Waals surface area contributed by atoms with Crippen LogP contribution in [0.5, 0.6) is 0 Å². The topological polar surface area (TPSA) is 105 Å². The molecule has 2 N–H and O–H groups in total. The first-order valence-electron chi connectivity index (χ1n) is 6.17. The van der Waals surface area contributed by atoms with Gasteiger partial charge in [0.25, 0.3) is 0 Å². The molecular formula is C12H17N3O4. The Morgan fingerprint density at radius 1 is 1.47 bits per heavy atom. The first kappa shape index (κ1) is 14.9. The number of aromatic nitrogens is 1. The standard InChI is InChI=1S/C12H17N3O4/c1-2-3-4-5-6-13-11-10(15(18)19)7-9(8-14-11)12(16)17/h7-8H,2-6H2,1H3,(H,13,14)(H,16,17). The van der Waals surface area contributed by atoms with Crippen LogP contribution >= 0.6 is 0 Å². The summed E-state index contributed by atoms with van der Waals surface area (Å²) < 4.78 is 0. The summed E-state index contributed by atoms with van der Waals surface area (Å²) in [7, 11) is 0. The van der Waals surface area contributed by atoms with Gasteiger partial charge in [-0.25, -0.2) is 9.78 Å². The Balaban J connectivity index is 2.71. The SMILES string of the molecule is CCCCCCNc1ncc(C(=O)O)cc1[N+](=O)[O-]. The Hall–Kier alpha value is -2.18. The highest BCUT2D eigenvalue weighted by atomic mass is 16.6. The Morgan fingerprint density at radius 3 is 2.79 bits per heavy atom. The van der Waals surface area contributed by atoms with Crippen LogP contribution in [0.15, 0.2) is 12.3 Å². The van der Waals surface area contributed by atoms with E-state index in [0.717, 1.165) is 37.9 Å². The van der Waals surface area contributed by atoms with Crippen molar-refractivity contribution in [2.45, 2.75) is 32.6 Å². The second kappa shape index (κ2) is 7.30. The normalized spacial score (nSPS) is 10.2. The van der Waals surface area contributed by atoms with Crippen molar-refractivity contribution in [3.8, 4) is 0 Å². The van der Waals surface area contributed by atoms with Crippen molar-refractivity contribution in [1.29, 1.82) is 0 Å². The van der Waals surface area contributed by atoms with E-state index in [1.807, 2.05) is 0 Å². The number of rotatable bonds is 8. The molecular weight excluding hydrogens is 250 g/mol. The number of anilines is 1. The van der Waals surface area contributed by atoms with E-state index in [2.05, 4.69) is 17.2 Å². The van der Waals surface area contributed by atoms with Gasteiger partial charge in [-0.3, -0.25) is 10.1 Å². The molecule has 0 fully saturated rings. The molecule has 1 heterocycles. The number of aromatic carboxylic acids is 1. The lowest BCUT2D eigenvalue weighted by atomic mass is 10.2. The predicted molar refractivity (Wildman–Crippen MR) is 70.5 cm³/mol. The molecule has 19 heavy (non-hydrogen) atoms. The van der Waals surface area contributed by atoms with Gasteiger partial charge in [0.15, 0.2) is 0 Å². The number of hydrogen-bond acceptors (Lipinski definition) is 5. The quantitative estimate of drug-likeness (QED) is 0.426. The van der Waals surface area contributed by atoms with Crippen molar-refractivity contribution in [2.75, 3.05) is 11.9 Å². The van der Waals surface area contributed by atoms with E-state index in [0.29, 0.717) is 6.54 Å². The summed E-state index contributed by atoms with van der Waals surface area (Å²) in [6.45, 7) is 2.69. The van der Waals surface area contributed by atoms with E-state index in [1.54, 1.807) is 0 Å². The van der Waals surface area contributed by atoms with Crippen LogP contribution in [0, 0.1) is 10.1 Å². The molecule has 0 unspecified atom stereocenters. The third-order valence-corrected chi connectivity index (χ3v) is 2.63. The zero-order valence-electron chi connectivity index (χ0n) is 10.8. The van der Waals surface area contributed by atoms with Crippen molar-refractivity contribution >= 4 is 17.5 Å². The maximum absolute atomic E-state index is 10.9. The molecule has 1 aromatic heterocycles. The van der Waals surface area contributed by atoms with E-state index >= 15 is 0 Å². The number of carboxylic acid groups (broad SMARTS) is 1. The lowest BCUT2D eigenvalue weighted by Crippen LogP contribution is -2.08. The van der Waals surface area contributed by atoms with Crippen molar-refractivity contribution in [2.24, 2.45) is 0 Å². The molecule has 7 nitrogen and oxygen atoms in total. The largest absolute Gasteiger partial charge is 0.478 e. The molecule has 0 atom stereocenters. The molecule has 1 aromatic rings. The fourth-order valence-electron chi connectivity index (χ4n) is 1.60. The smallest absolute Gasteiger partial charge is 0.337 e. The number of hydrogen-bond donors (Lipinski definition) is 2. The van der Waals surface area contributed by atoms with E-state index in [4.69, 9.17) is 5.11 Å². The van der Waals surface area contributed by atoms with Crippen molar-refractivity contribution in [3.63, 3.8) is 0 Å².